The first-order chi connectivity index (χ1) is 7.67. The Balaban J connectivity index is 0. The van der Waals surface area contributed by atoms with Crippen LogP contribution >= 0.6 is 7.52 Å². The number of rotatable bonds is 3. The number of piperazine rings is 1. The largest absolute Gasteiger partial charge is 0.318 e. The zero-order valence-electron chi connectivity index (χ0n) is 11.7. The van der Waals surface area contributed by atoms with E-state index in [1.54, 1.807) is 6.66 Å². The van der Waals surface area contributed by atoms with Crippen molar-refractivity contribution in [2.75, 3.05) is 39.5 Å². The Kier molecular flexibility index (Phi) is 13.4. The van der Waals surface area contributed by atoms with Gasteiger partial charge in [0.15, 0.2) is 0 Å². The fourth-order valence-corrected chi connectivity index (χ4v) is 2.91. The quantitative estimate of drug-likeness (QED) is 0.784. The smallest absolute Gasteiger partial charge is 0.269 e. The molecule has 0 amide bonds. The van der Waals surface area contributed by atoms with E-state index in [0.717, 1.165) is 26.2 Å². The molecule has 0 aromatic heterocycles. The van der Waals surface area contributed by atoms with Gasteiger partial charge >= 0.3 is 0 Å². The first kappa shape index (κ1) is 18.5. The zero-order chi connectivity index (χ0) is 13.0. The van der Waals surface area contributed by atoms with E-state index in [2.05, 4.69) is 5.32 Å². The topological polar surface area (TPSA) is 41.6 Å². The maximum absolute atomic E-state index is 11.8. The molecule has 16 heavy (non-hydrogen) atoms. The molecule has 0 radical (unpaired) electrons. The van der Waals surface area contributed by atoms with Crippen molar-refractivity contribution in [1.82, 2.24) is 9.99 Å². The highest BCUT2D eigenvalue weighted by Gasteiger charge is 2.26. The summed E-state index contributed by atoms with van der Waals surface area (Å²) in [6.07, 6.45) is 0. The highest BCUT2D eigenvalue weighted by molar-refractivity contribution is 7.55. The summed E-state index contributed by atoms with van der Waals surface area (Å²) in [6.45, 7) is 15.6. The van der Waals surface area contributed by atoms with E-state index in [1.165, 1.54) is 0 Å². The second-order valence-corrected chi connectivity index (χ2v) is 5.35. The van der Waals surface area contributed by atoms with E-state index in [9.17, 15) is 4.57 Å². The van der Waals surface area contributed by atoms with Crippen molar-refractivity contribution in [3.05, 3.63) is 0 Å². The third kappa shape index (κ3) is 7.39. The van der Waals surface area contributed by atoms with Crippen LogP contribution in [0.25, 0.3) is 0 Å². The van der Waals surface area contributed by atoms with Gasteiger partial charge in [0.25, 0.3) is 7.52 Å². The number of hydrogen-bond acceptors (Lipinski definition) is 3. The van der Waals surface area contributed by atoms with Crippen LogP contribution < -0.4 is 5.32 Å². The molecule has 1 unspecified atom stereocenters. The lowest BCUT2D eigenvalue weighted by Crippen LogP contribution is -2.41. The maximum atomic E-state index is 11.8. The molecular weight excluding hydrogens is 223 g/mol. The first-order valence-corrected chi connectivity index (χ1v) is 8.37. The van der Waals surface area contributed by atoms with E-state index >= 15 is 0 Å². The van der Waals surface area contributed by atoms with Gasteiger partial charge in [-0.05, 0) is 6.92 Å². The molecule has 0 saturated carbocycles. The molecule has 0 bridgehead atoms. The Morgan fingerprint density at radius 2 is 1.62 bits per heavy atom. The lowest BCUT2D eigenvalue weighted by Gasteiger charge is -2.31. The van der Waals surface area contributed by atoms with Gasteiger partial charge in [-0.15, -0.1) is 0 Å². The second kappa shape index (κ2) is 11.6. The van der Waals surface area contributed by atoms with E-state index in [4.69, 9.17) is 4.52 Å². The monoisotopic (exact) mass is 252 g/mol. The van der Waals surface area contributed by atoms with Crippen LogP contribution in [0.15, 0.2) is 0 Å². The van der Waals surface area contributed by atoms with Gasteiger partial charge in [0.2, 0.25) is 0 Å². The van der Waals surface area contributed by atoms with Crippen molar-refractivity contribution in [1.29, 1.82) is 0 Å². The van der Waals surface area contributed by atoms with Crippen LogP contribution in [0.1, 0.15) is 34.6 Å². The van der Waals surface area contributed by atoms with Crippen molar-refractivity contribution in [2.24, 2.45) is 0 Å². The van der Waals surface area contributed by atoms with Crippen molar-refractivity contribution in [2.45, 2.75) is 34.6 Å². The SMILES string of the molecule is CC.CC.CCOP(C)(=O)N1CCNCC1. The minimum absolute atomic E-state index is 0.526. The zero-order valence-corrected chi connectivity index (χ0v) is 12.6. The molecule has 1 fully saturated rings. The summed E-state index contributed by atoms with van der Waals surface area (Å²) in [5.41, 5.74) is 0. The molecule has 100 valence electrons. The third-order valence-electron chi connectivity index (χ3n) is 1.98. The summed E-state index contributed by atoms with van der Waals surface area (Å²) < 4.78 is 19.0. The molecule has 0 spiro atoms. The minimum Gasteiger partial charge on any atom is -0.318 e. The van der Waals surface area contributed by atoms with Crippen LogP contribution in [0.2, 0.25) is 0 Å². The fraction of sp³-hybridized carbons (Fsp3) is 1.00. The number of nitrogens with one attached hydrogen (secondary N) is 1. The third-order valence-corrected chi connectivity index (χ3v) is 4.14. The Morgan fingerprint density at radius 1 is 1.19 bits per heavy atom. The molecule has 1 heterocycles. The molecule has 0 aliphatic carbocycles. The van der Waals surface area contributed by atoms with Crippen molar-refractivity contribution in [3.63, 3.8) is 0 Å². The molecular formula is C11H29N2O2P. The molecule has 4 nitrogen and oxygen atoms in total. The Bertz CT molecular complexity index is 183. The second-order valence-electron chi connectivity index (χ2n) is 2.92. The van der Waals surface area contributed by atoms with Crippen molar-refractivity contribution < 1.29 is 9.09 Å². The molecule has 1 aliphatic heterocycles. The predicted octanol–water partition coefficient (Wildman–Crippen LogP) is 2.80. The molecule has 1 aliphatic rings. The summed E-state index contributed by atoms with van der Waals surface area (Å²) in [7, 11) is -2.47. The minimum atomic E-state index is -2.47. The fourth-order valence-electron chi connectivity index (χ4n) is 1.34. The van der Waals surface area contributed by atoms with E-state index < -0.39 is 7.52 Å². The van der Waals surface area contributed by atoms with Gasteiger partial charge in [-0.1, -0.05) is 27.7 Å². The normalized spacial score (nSPS) is 19.6. The molecule has 1 rings (SSSR count). The molecule has 0 aromatic carbocycles. The Labute approximate surface area is 101 Å². The Hall–Kier alpha value is 0.110. The highest BCUT2D eigenvalue weighted by atomic mass is 31.2. The van der Waals surface area contributed by atoms with Crippen LogP contribution in [0, 0.1) is 0 Å². The summed E-state index contributed by atoms with van der Waals surface area (Å²) in [5.74, 6) is 0. The van der Waals surface area contributed by atoms with Gasteiger partial charge in [-0.2, -0.15) is 0 Å². The number of nitrogens with zero attached hydrogens (tertiary/aromatic N) is 1. The van der Waals surface area contributed by atoms with Crippen LogP contribution in [0.3, 0.4) is 0 Å². The summed E-state index contributed by atoms with van der Waals surface area (Å²) in [4.78, 5) is 0. The maximum Gasteiger partial charge on any atom is 0.269 e. The summed E-state index contributed by atoms with van der Waals surface area (Å²) in [5, 5.41) is 3.21. The van der Waals surface area contributed by atoms with Gasteiger partial charge in [0.1, 0.15) is 0 Å². The van der Waals surface area contributed by atoms with E-state index in [-0.39, 0.29) is 0 Å². The average Bonchev–Trinajstić information content (AvgIpc) is 2.35. The van der Waals surface area contributed by atoms with Gasteiger partial charge in [0, 0.05) is 32.8 Å². The first-order valence-electron chi connectivity index (χ1n) is 6.35. The predicted molar refractivity (Wildman–Crippen MR) is 72.3 cm³/mol. The van der Waals surface area contributed by atoms with Crippen molar-refractivity contribution >= 4 is 7.52 Å². The summed E-state index contributed by atoms with van der Waals surface area (Å²) >= 11 is 0. The average molecular weight is 252 g/mol. The van der Waals surface area contributed by atoms with Gasteiger partial charge < -0.3 is 9.84 Å². The highest BCUT2D eigenvalue weighted by Crippen LogP contribution is 2.46. The number of hydrogen-bond donors (Lipinski definition) is 1. The Morgan fingerprint density at radius 3 is 2.00 bits per heavy atom. The molecule has 1 N–H and O–H groups in total. The van der Waals surface area contributed by atoms with Crippen LogP contribution in [-0.2, 0) is 9.09 Å². The van der Waals surface area contributed by atoms with Gasteiger partial charge in [-0.25, -0.2) is 4.67 Å². The van der Waals surface area contributed by atoms with E-state index in [1.807, 2.05) is 39.3 Å². The molecule has 5 heteroatoms. The van der Waals surface area contributed by atoms with Crippen LogP contribution in [-0.4, -0.2) is 44.1 Å². The molecule has 0 aromatic rings. The van der Waals surface area contributed by atoms with Crippen LogP contribution in [0.5, 0.6) is 0 Å². The molecule has 1 saturated heterocycles. The lowest BCUT2D eigenvalue weighted by molar-refractivity contribution is 0.261. The lowest BCUT2D eigenvalue weighted by atomic mass is 10.4. The van der Waals surface area contributed by atoms with E-state index in [0.29, 0.717) is 6.61 Å². The standard InChI is InChI=1S/C7H17N2O2P.2C2H6/c1-3-11-12(2,10)9-6-4-8-5-7-9;2*1-2/h8H,3-7H2,1-2H3;2*1-2H3. The van der Waals surface area contributed by atoms with Crippen LogP contribution in [0.4, 0.5) is 0 Å². The van der Waals surface area contributed by atoms with Gasteiger partial charge in [-0.3, -0.25) is 4.57 Å². The molecule has 1 atom stereocenters. The summed E-state index contributed by atoms with van der Waals surface area (Å²) in [6, 6.07) is 0. The van der Waals surface area contributed by atoms with Gasteiger partial charge in [0.05, 0.1) is 6.61 Å². The van der Waals surface area contributed by atoms with Crippen molar-refractivity contribution in [3.8, 4) is 0 Å².